The average molecular weight is 775 g/mol. The molecule has 1 spiro atoms. The lowest BCUT2D eigenvalue weighted by Crippen LogP contribution is -2.73. The van der Waals surface area contributed by atoms with E-state index >= 15 is 8.78 Å². The number of amides is 5. The number of carbonyl (C=O) groups excluding carboxylic acids is 5. The van der Waals surface area contributed by atoms with Gasteiger partial charge in [-0.2, -0.15) is 0 Å². The van der Waals surface area contributed by atoms with E-state index in [0.29, 0.717) is 62.5 Å². The smallest absolute Gasteiger partial charge is 0.262 e. The number of halogens is 4. The lowest BCUT2D eigenvalue weighted by Gasteiger charge is -2.61. The minimum absolute atomic E-state index is 0.0129. The molecule has 0 aliphatic carbocycles. The summed E-state index contributed by atoms with van der Waals surface area (Å²) < 4.78 is 59.3. The molecule has 3 aromatic rings. The van der Waals surface area contributed by atoms with Crippen molar-refractivity contribution in [3.63, 3.8) is 0 Å². The number of fused-ring (bicyclic) bond motifs is 3. The first-order valence-electron chi connectivity index (χ1n) is 18.7. The Labute approximate surface area is 318 Å². The van der Waals surface area contributed by atoms with Gasteiger partial charge in [-0.05, 0) is 78.4 Å². The van der Waals surface area contributed by atoms with Crippen LogP contribution in [0.5, 0.6) is 5.75 Å². The third-order valence-electron chi connectivity index (χ3n) is 12.3. The summed E-state index contributed by atoms with van der Waals surface area (Å²) in [6.45, 7) is 3.87. The van der Waals surface area contributed by atoms with Gasteiger partial charge in [-0.15, -0.1) is 0 Å². The van der Waals surface area contributed by atoms with Crippen molar-refractivity contribution in [3.8, 4) is 5.75 Å². The molecule has 12 nitrogen and oxygen atoms in total. The number of rotatable bonds is 7. The molecule has 3 saturated heterocycles. The van der Waals surface area contributed by atoms with Crippen LogP contribution in [-0.4, -0.2) is 112 Å². The molecular formula is C40H38F4N6O6. The molecule has 292 valence electrons. The fourth-order valence-corrected chi connectivity index (χ4v) is 9.61. The number of carbonyl (C=O) groups is 5. The predicted molar refractivity (Wildman–Crippen MR) is 191 cm³/mol. The van der Waals surface area contributed by atoms with Crippen LogP contribution in [0.4, 0.5) is 23.2 Å². The van der Waals surface area contributed by atoms with E-state index in [9.17, 15) is 37.9 Å². The van der Waals surface area contributed by atoms with Gasteiger partial charge in [0.2, 0.25) is 17.7 Å². The number of anilines is 1. The summed E-state index contributed by atoms with van der Waals surface area (Å²) in [5.41, 5.74) is 2.93. The number of aromatic hydroxyl groups is 1. The number of hydrogen-bond donors (Lipinski definition) is 2. The van der Waals surface area contributed by atoms with E-state index < -0.39 is 66.4 Å². The molecule has 3 aromatic carbocycles. The quantitative estimate of drug-likeness (QED) is 0.274. The molecule has 2 unspecified atom stereocenters. The zero-order valence-electron chi connectivity index (χ0n) is 30.4. The Morgan fingerprint density at radius 1 is 0.911 bits per heavy atom. The molecule has 16 heteroatoms. The standard InChI is InChI=1S/C40H38F4N6O6/c1-20-6-21-7-25(51)2-3-26(21)36(49(20)14-32(43)44)35-29(41)10-24(11-30(35)42)47-16-40(17-47)18-48(19-40)34(53)15-46-12-22-8-27-28(9-23(22)13-46)39(56)50(38(27)55)31-4-5-33(52)45-37(31)54/h2-3,7-11,20,31-32,36,51H,4-6,12-19H2,1H3,(H,45,52,54)/t20-,31?,36?/m1/s1. The molecule has 3 atom stereocenters. The minimum atomic E-state index is -2.72. The first-order chi connectivity index (χ1) is 26.7. The fourth-order valence-electron chi connectivity index (χ4n) is 9.61. The monoisotopic (exact) mass is 774 g/mol. The number of nitrogens with zero attached hydrogens (tertiary/aromatic N) is 5. The number of phenolic OH excluding ortho intramolecular Hbond substituents is 1. The molecule has 0 radical (unpaired) electrons. The number of alkyl halides is 2. The van der Waals surface area contributed by atoms with E-state index in [1.165, 1.54) is 35.2 Å². The highest BCUT2D eigenvalue weighted by Crippen LogP contribution is 2.45. The van der Waals surface area contributed by atoms with E-state index in [-0.39, 0.29) is 53.1 Å². The second kappa shape index (κ2) is 13.1. The van der Waals surface area contributed by atoms with E-state index in [4.69, 9.17) is 0 Å². The van der Waals surface area contributed by atoms with Crippen LogP contribution >= 0.6 is 0 Å². The van der Waals surface area contributed by atoms with Crippen molar-refractivity contribution in [3.05, 3.63) is 93.0 Å². The Morgan fingerprint density at radius 3 is 2.16 bits per heavy atom. The molecule has 2 N–H and O–H groups in total. The van der Waals surface area contributed by atoms with E-state index in [2.05, 4.69) is 5.32 Å². The third kappa shape index (κ3) is 5.92. The first kappa shape index (κ1) is 36.3. The second-order valence-corrected chi connectivity index (χ2v) is 16.1. The molecule has 9 rings (SSSR count). The van der Waals surface area contributed by atoms with Crippen molar-refractivity contribution in [2.45, 2.75) is 63.8 Å². The Balaban J connectivity index is 0.818. The van der Waals surface area contributed by atoms with Crippen LogP contribution in [0.15, 0.2) is 42.5 Å². The van der Waals surface area contributed by atoms with Gasteiger partial charge in [-0.25, -0.2) is 17.6 Å². The molecule has 3 fully saturated rings. The third-order valence-corrected chi connectivity index (χ3v) is 12.3. The average Bonchev–Trinajstić information content (AvgIpc) is 3.59. The molecule has 56 heavy (non-hydrogen) atoms. The highest BCUT2D eigenvalue weighted by atomic mass is 19.3. The number of imide groups is 2. The summed E-state index contributed by atoms with van der Waals surface area (Å²) in [6, 6.07) is 7.61. The Kier molecular flexibility index (Phi) is 8.50. The molecule has 0 aromatic heterocycles. The van der Waals surface area contributed by atoms with Crippen molar-refractivity contribution in [1.29, 1.82) is 0 Å². The normalized spacial score (nSPS) is 24.3. The summed E-state index contributed by atoms with van der Waals surface area (Å²) in [7, 11) is 0. The van der Waals surface area contributed by atoms with Gasteiger partial charge in [0.15, 0.2) is 0 Å². The van der Waals surface area contributed by atoms with Gasteiger partial charge in [-0.1, -0.05) is 6.07 Å². The Morgan fingerprint density at radius 2 is 1.55 bits per heavy atom. The van der Waals surface area contributed by atoms with Crippen molar-refractivity contribution >= 4 is 35.2 Å². The van der Waals surface area contributed by atoms with Crippen molar-refractivity contribution in [2.75, 3.05) is 44.2 Å². The van der Waals surface area contributed by atoms with Gasteiger partial charge in [0.05, 0.1) is 30.3 Å². The molecule has 6 aliphatic heterocycles. The largest absolute Gasteiger partial charge is 0.508 e. The van der Waals surface area contributed by atoms with Crippen LogP contribution in [0, 0.1) is 17.0 Å². The van der Waals surface area contributed by atoms with E-state index in [1.807, 2.05) is 9.80 Å². The number of phenols is 1. The topological polar surface area (TPSA) is 134 Å². The Bertz CT molecular complexity index is 2170. The fraction of sp³-hybridized carbons (Fsp3) is 0.425. The highest BCUT2D eigenvalue weighted by Gasteiger charge is 2.54. The zero-order valence-corrected chi connectivity index (χ0v) is 30.4. The molecule has 5 amide bonds. The van der Waals surface area contributed by atoms with Crippen molar-refractivity contribution < 1.29 is 46.6 Å². The van der Waals surface area contributed by atoms with Gasteiger partial charge in [0, 0.05) is 68.4 Å². The number of likely N-dealkylation sites (tertiary alicyclic amines) is 1. The van der Waals surface area contributed by atoms with Gasteiger partial charge >= 0.3 is 0 Å². The minimum Gasteiger partial charge on any atom is -0.508 e. The molecule has 0 bridgehead atoms. The summed E-state index contributed by atoms with van der Waals surface area (Å²) in [6.07, 6.45) is -2.27. The van der Waals surface area contributed by atoms with Crippen molar-refractivity contribution in [2.24, 2.45) is 5.41 Å². The molecule has 6 heterocycles. The predicted octanol–water partition coefficient (Wildman–Crippen LogP) is 3.34. The zero-order chi connectivity index (χ0) is 39.4. The molecule has 0 saturated carbocycles. The summed E-state index contributed by atoms with van der Waals surface area (Å²) >= 11 is 0. The van der Waals surface area contributed by atoms with Crippen LogP contribution in [0.3, 0.4) is 0 Å². The number of piperidine rings is 1. The maximum Gasteiger partial charge on any atom is 0.262 e. The van der Waals surface area contributed by atoms with Gasteiger partial charge < -0.3 is 14.9 Å². The molecule has 6 aliphatic rings. The number of nitrogens with one attached hydrogen (secondary N) is 1. The lowest BCUT2D eigenvalue weighted by molar-refractivity contribution is -0.146. The van der Waals surface area contributed by atoms with Crippen LogP contribution in [0.25, 0.3) is 0 Å². The Hall–Kier alpha value is -5.35. The van der Waals surface area contributed by atoms with E-state index in [1.54, 1.807) is 24.0 Å². The highest BCUT2D eigenvalue weighted by molar-refractivity contribution is 6.23. The summed E-state index contributed by atoms with van der Waals surface area (Å²) in [5.74, 6) is -4.07. The molecular weight excluding hydrogens is 736 g/mol. The SMILES string of the molecule is C[C@@H]1Cc2cc(O)ccc2C(c2c(F)cc(N3CC4(CN(C(=O)CN5Cc6cc7c(cc6C5)C(=O)N(C5CCC(=O)NC5=O)C7=O)C4)C3)cc2F)N1CC(F)F. The van der Waals surface area contributed by atoms with Crippen molar-refractivity contribution in [1.82, 2.24) is 24.9 Å². The summed E-state index contributed by atoms with van der Waals surface area (Å²) in [4.78, 5) is 71.7. The second-order valence-electron chi connectivity index (χ2n) is 16.1. The number of benzene rings is 3. The summed E-state index contributed by atoms with van der Waals surface area (Å²) in [5, 5.41) is 12.2. The van der Waals surface area contributed by atoms with Crippen LogP contribution in [-0.2, 0) is 33.9 Å². The van der Waals surface area contributed by atoms with Gasteiger partial charge in [0.25, 0.3) is 18.2 Å². The van der Waals surface area contributed by atoms with Crippen LogP contribution in [0.2, 0.25) is 0 Å². The lowest BCUT2D eigenvalue weighted by atomic mass is 9.72. The maximum absolute atomic E-state index is 16.0. The van der Waals surface area contributed by atoms with Gasteiger partial charge in [-0.3, -0.25) is 44.0 Å². The number of hydrogen-bond acceptors (Lipinski definition) is 9. The first-order valence-corrected chi connectivity index (χ1v) is 18.7. The maximum atomic E-state index is 16.0. The van der Waals surface area contributed by atoms with E-state index in [0.717, 1.165) is 16.0 Å². The van der Waals surface area contributed by atoms with Gasteiger partial charge in [0.1, 0.15) is 23.4 Å². The van der Waals surface area contributed by atoms with Crippen LogP contribution < -0.4 is 10.2 Å². The van der Waals surface area contributed by atoms with Crippen LogP contribution in [0.1, 0.15) is 74.3 Å².